The summed E-state index contributed by atoms with van der Waals surface area (Å²) in [6, 6.07) is 7.61. The Bertz CT molecular complexity index is 492. The molecule has 0 aliphatic carbocycles. The molecule has 1 heterocycles. The first-order valence-corrected chi connectivity index (χ1v) is 5.53. The molecule has 82 valence electrons. The second-order valence-electron chi connectivity index (χ2n) is 3.64. The number of nitrogens with zero attached hydrogens (tertiary/aromatic N) is 2. The van der Waals surface area contributed by atoms with Crippen LogP contribution in [0.4, 0.5) is 0 Å². The second-order valence-corrected chi connectivity index (χ2v) is 4.46. The van der Waals surface area contributed by atoms with Crippen molar-refractivity contribution in [1.29, 1.82) is 5.26 Å². The molecule has 3 nitrogen and oxygen atoms in total. The van der Waals surface area contributed by atoms with Crippen molar-refractivity contribution in [2.45, 2.75) is 18.0 Å². The lowest BCUT2D eigenvalue weighted by molar-refractivity contribution is 0.529. The zero-order valence-corrected chi connectivity index (χ0v) is 10.0. The zero-order chi connectivity index (χ0) is 11.8. The van der Waals surface area contributed by atoms with Crippen LogP contribution in [0.15, 0.2) is 23.2 Å². The Morgan fingerprint density at radius 1 is 1.56 bits per heavy atom. The summed E-state index contributed by atoms with van der Waals surface area (Å²) in [4.78, 5) is 3.95. The average molecular weight is 254 g/mol. The van der Waals surface area contributed by atoms with Crippen molar-refractivity contribution in [3.8, 4) is 6.07 Å². The Morgan fingerprint density at radius 3 is 2.81 bits per heavy atom. The minimum atomic E-state index is -1.01. The van der Waals surface area contributed by atoms with Crippen molar-refractivity contribution >= 4 is 29.5 Å². The Labute approximate surface area is 104 Å². The molecule has 1 aromatic rings. The van der Waals surface area contributed by atoms with Crippen LogP contribution in [0, 0.1) is 18.3 Å². The monoisotopic (exact) mass is 253 g/mol. The molecule has 0 spiro atoms. The van der Waals surface area contributed by atoms with E-state index in [1.165, 1.54) is 6.34 Å². The molecule has 2 unspecified atom stereocenters. The summed E-state index contributed by atoms with van der Waals surface area (Å²) in [6.45, 7) is 1.90. The van der Waals surface area contributed by atoms with E-state index in [9.17, 15) is 5.26 Å². The molecule has 5 heteroatoms. The van der Waals surface area contributed by atoms with Gasteiger partial charge in [0.25, 0.3) is 0 Å². The average Bonchev–Trinajstić information content (AvgIpc) is 2.65. The van der Waals surface area contributed by atoms with E-state index in [1.807, 2.05) is 19.1 Å². The molecule has 1 aromatic carbocycles. The summed E-state index contributed by atoms with van der Waals surface area (Å²) in [7, 11) is 0. The molecule has 1 aliphatic rings. The summed E-state index contributed by atoms with van der Waals surface area (Å²) in [5, 5.41) is 12.8. The van der Waals surface area contributed by atoms with Crippen LogP contribution in [0.5, 0.6) is 0 Å². The molecular weight excluding hydrogens is 245 g/mol. The number of aryl methyl sites for hydroxylation is 1. The topological polar surface area (TPSA) is 48.2 Å². The third kappa shape index (κ3) is 1.55. The van der Waals surface area contributed by atoms with Crippen LogP contribution in [0.3, 0.4) is 0 Å². The molecule has 0 amide bonds. The van der Waals surface area contributed by atoms with Crippen LogP contribution >= 0.6 is 23.2 Å². The van der Waals surface area contributed by atoms with Crippen LogP contribution in [0.25, 0.3) is 0 Å². The van der Waals surface area contributed by atoms with Crippen LogP contribution in [0.1, 0.15) is 11.1 Å². The molecule has 2 atom stereocenters. The quantitative estimate of drug-likeness (QED) is 0.618. The lowest BCUT2D eigenvalue weighted by atomic mass is 9.91. The number of aliphatic imine (C=N–C) groups is 1. The number of nitriles is 1. The molecule has 0 radical (unpaired) electrons. The number of alkyl halides is 1. The van der Waals surface area contributed by atoms with Gasteiger partial charge in [0, 0.05) is 5.02 Å². The molecule has 0 aromatic heterocycles. The third-order valence-electron chi connectivity index (χ3n) is 2.66. The van der Waals surface area contributed by atoms with Crippen LogP contribution in [0.2, 0.25) is 5.02 Å². The fourth-order valence-electron chi connectivity index (χ4n) is 1.59. The first-order chi connectivity index (χ1) is 7.60. The van der Waals surface area contributed by atoms with Gasteiger partial charge in [-0.3, -0.25) is 4.99 Å². The molecular formula is C11H9Cl2N3. The van der Waals surface area contributed by atoms with Crippen LogP contribution in [-0.2, 0) is 5.54 Å². The molecule has 16 heavy (non-hydrogen) atoms. The molecule has 0 saturated heterocycles. The smallest absolute Gasteiger partial charge is 0.188 e. The minimum absolute atomic E-state index is 0.615. The fraction of sp³-hybridized carbons (Fsp3) is 0.273. The maximum atomic E-state index is 9.28. The molecule has 0 bridgehead atoms. The number of hydrogen-bond acceptors (Lipinski definition) is 3. The summed E-state index contributed by atoms with van der Waals surface area (Å²) in [6.07, 6.45) is 1.45. The number of benzene rings is 1. The molecule has 2 rings (SSSR count). The van der Waals surface area contributed by atoms with E-state index in [0.717, 1.165) is 11.1 Å². The predicted molar refractivity (Wildman–Crippen MR) is 64.7 cm³/mol. The summed E-state index contributed by atoms with van der Waals surface area (Å²) >= 11 is 12.1. The fourth-order valence-corrected chi connectivity index (χ4v) is 2.07. The lowest BCUT2D eigenvalue weighted by Gasteiger charge is -2.24. The van der Waals surface area contributed by atoms with Gasteiger partial charge < -0.3 is 5.32 Å². The minimum Gasteiger partial charge on any atom is -0.352 e. The summed E-state index contributed by atoms with van der Waals surface area (Å²) in [5.74, 6) is 0. The van der Waals surface area contributed by atoms with Crippen molar-refractivity contribution in [3.05, 3.63) is 34.3 Å². The Kier molecular flexibility index (Phi) is 2.79. The van der Waals surface area contributed by atoms with Crippen molar-refractivity contribution in [3.63, 3.8) is 0 Å². The van der Waals surface area contributed by atoms with Crippen molar-refractivity contribution in [2.75, 3.05) is 0 Å². The van der Waals surface area contributed by atoms with Gasteiger partial charge in [-0.05, 0) is 24.1 Å². The van der Waals surface area contributed by atoms with E-state index in [4.69, 9.17) is 23.2 Å². The van der Waals surface area contributed by atoms with Gasteiger partial charge in [0.1, 0.15) is 0 Å². The molecule has 0 saturated carbocycles. The van der Waals surface area contributed by atoms with E-state index >= 15 is 0 Å². The van der Waals surface area contributed by atoms with E-state index in [2.05, 4.69) is 16.4 Å². The first kappa shape index (κ1) is 11.3. The summed E-state index contributed by atoms with van der Waals surface area (Å²) < 4.78 is 0. The highest BCUT2D eigenvalue weighted by molar-refractivity contribution is 6.31. The van der Waals surface area contributed by atoms with Gasteiger partial charge in [0.05, 0.1) is 12.4 Å². The van der Waals surface area contributed by atoms with Crippen LogP contribution < -0.4 is 5.32 Å². The van der Waals surface area contributed by atoms with E-state index in [0.29, 0.717) is 5.02 Å². The van der Waals surface area contributed by atoms with E-state index < -0.39 is 11.0 Å². The highest BCUT2D eigenvalue weighted by Gasteiger charge is 2.42. The van der Waals surface area contributed by atoms with Gasteiger partial charge >= 0.3 is 0 Å². The number of hydrogen-bond donors (Lipinski definition) is 1. The highest BCUT2D eigenvalue weighted by Crippen LogP contribution is 2.33. The molecule has 0 fully saturated rings. The van der Waals surface area contributed by atoms with Gasteiger partial charge in [-0.1, -0.05) is 35.3 Å². The van der Waals surface area contributed by atoms with Crippen LogP contribution in [-0.4, -0.2) is 11.8 Å². The number of halogens is 2. The first-order valence-electron chi connectivity index (χ1n) is 4.71. The van der Waals surface area contributed by atoms with Crippen molar-refractivity contribution in [1.82, 2.24) is 5.32 Å². The second kappa shape index (κ2) is 3.97. The SMILES string of the molecule is Cc1ccc(C2(C#N)NC=NC2Cl)cc1Cl. The Balaban J connectivity index is 2.51. The number of nitrogens with one attached hydrogen (secondary N) is 1. The lowest BCUT2D eigenvalue weighted by Crippen LogP contribution is -2.42. The highest BCUT2D eigenvalue weighted by atomic mass is 35.5. The standard InChI is InChI=1S/C11H9Cl2N3/c1-7-2-3-8(4-9(7)12)11(5-14)10(13)15-6-16-11/h2-4,6,10H,1H3,(H,15,16). The maximum absolute atomic E-state index is 9.28. The maximum Gasteiger partial charge on any atom is 0.188 e. The van der Waals surface area contributed by atoms with E-state index in [1.54, 1.807) is 6.07 Å². The van der Waals surface area contributed by atoms with Gasteiger partial charge in [0.15, 0.2) is 11.0 Å². The predicted octanol–water partition coefficient (Wildman–Crippen LogP) is 2.56. The van der Waals surface area contributed by atoms with Gasteiger partial charge in [-0.2, -0.15) is 5.26 Å². The Morgan fingerprint density at radius 2 is 2.31 bits per heavy atom. The van der Waals surface area contributed by atoms with Gasteiger partial charge in [-0.25, -0.2) is 0 Å². The molecule has 1 N–H and O–H groups in total. The van der Waals surface area contributed by atoms with E-state index in [-0.39, 0.29) is 0 Å². The molecule has 1 aliphatic heterocycles. The third-order valence-corrected chi connectivity index (χ3v) is 3.51. The Hall–Kier alpha value is -1.24. The number of rotatable bonds is 1. The van der Waals surface area contributed by atoms with Crippen molar-refractivity contribution in [2.24, 2.45) is 4.99 Å². The summed E-state index contributed by atoms with van der Waals surface area (Å²) in [5.41, 5.74) is 0.0294. The van der Waals surface area contributed by atoms with Crippen molar-refractivity contribution < 1.29 is 0 Å². The normalized spacial score (nSPS) is 27.5. The zero-order valence-electron chi connectivity index (χ0n) is 8.54. The largest absolute Gasteiger partial charge is 0.352 e. The van der Waals surface area contributed by atoms with Gasteiger partial charge in [-0.15, -0.1) is 0 Å². The van der Waals surface area contributed by atoms with Gasteiger partial charge in [0.2, 0.25) is 0 Å².